The molecule has 0 radical (unpaired) electrons. The van der Waals surface area contributed by atoms with Crippen molar-refractivity contribution in [1.82, 2.24) is 44.9 Å². The molecule has 3 aliphatic rings. The van der Waals surface area contributed by atoms with E-state index >= 15 is 0 Å². The van der Waals surface area contributed by atoms with Crippen molar-refractivity contribution in [3.05, 3.63) is 48.1 Å². The van der Waals surface area contributed by atoms with E-state index in [0.717, 1.165) is 44.7 Å². The van der Waals surface area contributed by atoms with Crippen LogP contribution in [0.1, 0.15) is 25.8 Å². The first-order valence-corrected chi connectivity index (χ1v) is 14.9. The second-order valence-corrected chi connectivity index (χ2v) is 12.3. The molecular formula is C28H30ClF3N10O3. The summed E-state index contributed by atoms with van der Waals surface area (Å²) in [6.45, 7) is 4.45. The summed E-state index contributed by atoms with van der Waals surface area (Å²) < 4.78 is 58.7. The van der Waals surface area contributed by atoms with Crippen molar-refractivity contribution in [2.75, 3.05) is 38.2 Å². The fraction of sp³-hybridized carbons (Fsp3) is 0.500. The van der Waals surface area contributed by atoms with Gasteiger partial charge in [0.15, 0.2) is 6.61 Å². The molecule has 1 aliphatic carbocycles. The molecule has 7 rings (SSSR count). The third-order valence-electron chi connectivity index (χ3n) is 8.32. The molecule has 2 aliphatic heterocycles. The average molecular weight is 647 g/mol. The minimum atomic E-state index is -4.51. The van der Waals surface area contributed by atoms with E-state index in [-0.39, 0.29) is 35.1 Å². The number of hydrogen-bond acceptors (Lipinski definition) is 11. The van der Waals surface area contributed by atoms with Crippen LogP contribution in [0.3, 0.4) is 0 Å². The number of likely N-dealkylation sites (tertiary alicyclic amines) is 1. The Morgan fingerprint density at radius 1 is 1.13 bits per heavy atom. The maximum absolute atomic E-state index is 13.0. The summed E-state index contributed by atoms with van der Waals surface area (Å²) in [4.78, 5) is 11.2. The van der Waals surface area contributed by atoms with Gasteiger partial charge in [0, 0.05) is 31.0 Å². The first kappa shape index (κ1) is 29.7. The van der Waals surface area contributed by atoms with Gasteiger partial charge in [0.25, 0.3) is 5.88 Å². The Morgan fingerprint density at radius 2 is 1.91 bits per heavy atom. The Kier molecular flexibility index (Phi) is 7.73. The SMILES string of the molecule is CC(Cn1cnnn1)Oc1cc(-c2cnc(Nc3cn(C4CC5(C4)CN(C4COC4)C5)nc3OCC(F)(F)F)nc2)ccc1Cl. The second kappa shape index (κ2) is 11.7. The number of anilines is 2. The zero-order valence-electron chi connectivity index (χ0n) is 24.2. The molecule has 0 amide bonds. The number of ether oxygens (including phenoxy) is 3. The number of hydrogen-bond donors (Lipinski definition) is 1. The molecule has 1 unspecified atom stereocenters. The minimum Gasteiger partial charge on any atom is -0.487 e. The number of rotatable bonds is 11. The fourth-order valence-corrected chi connectivity index (χ4v) is 6.18. The van der Waals surface area contributed by atoms with Crippen molar-refractivity contribution < 1.29 is 27.4 Å². The van der Waals surface area contributed by atoms with Crippen LogP contribution in [-0.2, 0) is 11.3 Å². The summed E-state index contributed by atoms with van der Waals surface area (Å²) in [6.07, 6.45) is 3.39. The van der Waals surface area contributed by atoms with E-state index in [4.69, 9.17) is 25.8 Å². The standard InChI is InChI=1S/C28H30ClF3N10O3/c1-17(9-41-16-35-38-39-41)45-24-4-18(2-3-22(24)29)19-7-33-26(34-8-19)36-23-10-42(37-25(23)44-15-28(30,31)32)20-5-27(6-20)13-40(14-27)21-11-43-12-21/h2-4,7-8,10,16-17,20-21H,5-6,9,11-15H2,1H3,(H,33,34,36). The van der Waals surface area contributed by atoms with E-state index in [2.05, 4.69) is 40.8 Å². The molecule has 0 bridgehead atoms. The van der Waals surface area contributed by atoms with Gasteiger partial charge in [-0.2, -0.15) is 13.2 Å². The first-order valence-electron chi connectivity index (χ1n) is 14.5. The number of alkyl halides is 3. The lowest BCUT2D eigenvalue weighted by Gasteiger charge is -2.61. The molecule has 238 valence electrons. The van der Waals surface area contributed by atoms with Crippen LogP contribution in [0.4, 0.5) is 24.8 Å². The number of nitrogens with zero attached hydrogens (tertiary/aromatic N) is 9. The lowest BCUT2D eigenvalue weighted by molar-refractivity contribution is -0.166. The van der Waals surface area contributed by atoms with Crippen LogP contribution in [-0.4, -0.2) is 96.1 Å². The highest BCUT2D eigenvalue weighted by atomic mass is 35.5. The first-order chi connectivity index (χ1) is 21.6. The van der Waals surface area contributed by atoms with Crippen molar-refractivity contribution in [2.24, 2.45) is 5.41 Å². The van der Waals surface area contributed by atoms with E-state index in [9.17, 15) is 13.2 Å². The Bertz CT molecular complexity index is 1620. The van der Waals surface area contributed by atoms with Crippen LogP contribution >= 0.6 is 11.6 Å². The summed E-state index contributed by atoms with van der Waals surface area (Å²) in [7, 11) is 0. The number of benzene rings is 1. The van der Waals surface area contributed by atoms with Gasteiger partial charge in [0.1, 0.15) is 23.9 Å². The normalized spacial score (nSPS) is 19.0. The molecule has 45 heavy (non-hydrogen) atoms. The molecule has 17 heteroatoms. The highest BCUT2D eigenvalue weighted by Crippen LogP contribution is 2.55. The molecule has 5 heterocycles. The molecule has 3 aromatic heterocycles. The zero-order chi connectivity index (χ0) is 31.2. The molecule has 1 atom stereocenters. The van der Waals surface area contributed by atoms with Crippen molar-refractivity contribution >= 4 is 23.2 Å². The molecule has 3 fully saturated rings. The molecule has 1 saturated carbocycles. The highest BCUT2D eigenvalue weighted by molar-refractivity contribution is 6.32. The van der Waals surface area contributed by atoms with E-state index in [1.54, 1.807) is 40.1 Å². The lowest BCUT2D eigenvalue weighted by Crippen LogP contribution is -2.68. The number of aromatic nitrogens is 8. The summed E-state index contributed by atoms with van der Waals surface area (Å²) in [6, 6.07) is 5.90. The van der Waals surface area contributed by atoms with Gasteiger partial charge >= 0.3 is 6.18 Å². The van der Waals surface area contributed by atoms with Crippen LogP contribution in [0.15, 0.2) is 43.1 Å². The molecule has 4 aromatic rings. The predicted octanol–water partition coefficient (Wildman–Crippen LogP) is 4.17. The van der Waals surface area contributed by atoms with Crippen LogP contribution < -0.4 is 14.8 Å². The highest BCUT2D eigenvalue weighted by Gasteiger charge is 2.55. The third-order valence-corrected chi connectivity index (χ3v) is 8.63. The summed E-state index contributed by atoms with van der Waals surface area (Å²) in [5.74, 6) is 0.497. The van der Waals surface area contributed by atoms with E-state index in [1.807, 2.05) is 13.0 Å². The van der Waals surface area contributed by atoms with Gasteiger partial charge in [0.2, 0.25) is 5.95 Å². The number of halogens is 4. The quantitative estimate of drug-likeness (QED) is 0.252. The fourth-order valence-electron chi connectivity index (χ4n) is 6.01. The van der Waals surface area contributed by atoms with Crippen LogP contribution in [0.5, 0.6) is 11.6 Å². The molecule has 1 spiro atoms. The summed E-state index contributed by atoms with van der Waals surface area (Å²) in [5.41, 5.74) is 1.94. The monoisotopic (exact) mass is 646 g/mol. The largest absolute Gasteiger partial charge is 0.487 e. The second-order valence-electron chi connectivity index (χ2n) is 11.9. The van der Waals surface area contributed by atoms with Gasteiger partial charge in [-0.3, -0.25) is 9.58 Å². The molecule has 1 aromatic carbocycles. The lowest BCUT2D eigenvalue weighted by atomic mass is 9.60. The Labute approximate surface area is 260 Å². The smallest absolute Gasteiger partial charge is 0.422 e. The van der Waals surface area contributed by atoms with E-state index in [0.29, 0.717) is 28.9 Å². The number of nitrogens with one attached hydrogen (secondary N) is 1. The van der Waals surface area contributed by atoms with Gasteiger partial charge in [-0.25, -0.2) is 14.6 Å². The summed E-state index contributed by atoms with van der Waals surface area (Å²) in [5, 5.41) is 18.9. The Morgan fingerprint density at radius 3 is 2.58 bits per heavy atom. The molecule has 13 nitrogen and oxygen atoms in total. The molecular weight excluding hydrogens is 617 g/mol. The van der Waals surface area contributed by atoms with Crippen molar-refractivity contribution in [2.45, 2.75) is 50.7 Å². The Hall–Kier alpha value is -4.02. The van der Waals surface area contributed by atoms with Gasteiger partial charge < -0.3 is 19.5 Å². The maximum atomic E-state index is 13.0. The van der Waals surface area contributed by atoms with Gasteiger partial charge in [-0.05, 0) is 53.3 Å². The molecule has 1 N–H and O–H groups in total. The predicted molar refractivity (Wildman–Crippen MR) is 154 cm³/mol. The number of tetrazole rings is 1. The van der Waals surface area contributed by atoms with Crippen molar-refractivity contribution in [3.63, 3.8) is 0 Å². The zero-order valence-corrected chi connectivity index (χ0v) is 24.9. The third kappa shape index (κ3) is 6.53. The minimum absolute atomic E-state index is 0.0776. The van der Waals surface area contributed by atoms with Gasteiger partial charge in [0.05, 0.1) is 43.1 Å². The maximum Gasteiger partial charge on any atom is 0.422 e. The van der Waals surface area contributed by atoms with Gasteiger partial charge in [-0.15, -0.1) is 10.2 Å². The van der Waals surface area contributed by atoms with Crippen molar-refractivity contribution in [3.8, 4) is 22.8 Å². The average Bonchev–Trinajstić information content (AvgIpc) is 3.58. The molecule has 2 saturated heterocycles. The van der Waals surface area contributed by atoms with E-state index < -0.39 is 12.8 Å². The van der Waals surface area contributed by atoms with Crippen LogP contribution in [0.25, 0.3) is 11.1 Å². The van der Waals surface area contributed by atoms with Crippen LogP contribution in [0, 0.1) is 5.41 Å². The van der Waals surface area contributed by atoms with Crippen molar-refractivity contribution in [1.29, 1.82) is 0 Å². The Balaban J connectivity index is 1.02. The van der Waals surface area contributed by atoms with E-state index in [1.165, 1.54) is 6.33 Å². The van der Waals surface area contributed by atoms with Crippen LogP contribution in [0.2, 0.25) is 5.02 Å². The summed E-state index contributed by atoms with van der Waals surface area (Å²) >= 11 is 6.38. The van der Waals surface area contributed by atoms with Gasteiger partial charge in [-0.1, -0.05) is 17.7 Å². The topological polar surface area (TPSA) is 130 Å².